The second-order valence-electron chi connectivity index (χ2n) is 3.50. The smallest absolute Gasteiger partial charge is 0.234 e. The van der Waals surface area contributed by atoms with Gasteiger partial charge >= 0.3 is 0 Å². The first kappa shape index (κ1) is 12.9. The van der Waals surface area contributed by atoms with Crippen LogP contribution in [0.5, 0.6) is 0 Å². The third-order valence-electron chi connectivity index (χ3n) is 2.14. The Balaban J connectivity index is 1.90. The number of hydrogen-bond acceptors (Lipinski definition) is 4. The van der Waals surface area contributed by atoms with Crippen molar-refractivity contribution in [3.05, 3.63) is 35.9 Å². The molecule has 2 rings (SSSR count). The van der Waals surface area contributed by atoms with E-state index in [-0.39, 0.29) is 16.8 Å². The van der Waals surface area contributed by atoms with Crippen molar-refractivity contribution in [1.29, 1.82) is 0 Å². The minimum absolute atomic E-state index is 0.141. The van der Waals surface area contributed by atoms with E-state index in [4.69, 9.17) is 11.6 Å². The molecule has 0 radical (unpaired) electrons. The first-order valence-corrected chi connectivity index (χ1v) is 6.53. The molecule has 18 heavy (non-hydrogen) atoms. The topological polar surface area (TPSA) is 59.8 Å². The van der Waals surface area contributed by atoms with Gasteiger partial charge in [0.1, 0.15) is 0 Å². The Bertz CT molecular complexity index is 557. The van der Waals surface area contributed by atoms with Gasteiger partial charge in [-0.1, -0.05) is 23.4 Å². The number of amides is 1. The monoisotopic (exact) mass is 282 g/mol. The number of aryl methyl sites for hydroxylation is 1. The van der Waals surface area contributed by atoms with Crippen molar-refractivity contribution >= 4 is 35.0 Å². The van der Waals surface area contributed by atoms with E-state index in [9.17, 15) is 4.79 Å². The summed E-state index contributed by atoms with van der Waals surface area (Å²) in [6.07, 6.45) is 5.09. The Hall–Kier alpha value is -1.53. The first-order valence-electron chi connectivity index (χ1n) is 5.17. The molecule has 0 saturated carbocycles. The average molecular weight is 283 g/mol. The zero-order chi connectivity index (χ0) is 13.0. The fraction of sp³-hybridized carbons (Fsp3) is 0.182. The normalized spacial score (nSPS) is 10.3. The van der Waals surface area contributed by atoms with Gasteiger partial charge in [-0.2, -0.15) is 0 Å². The molecule has 0 saturated heterocycles. The number of pyridine rings is 1. The van der Waals surface area contributed by atoms with Gasteiger partial charge in [0.15, 0.2) is 10.3 Å². The summed E-state index contributed by atoms with van der Waals surface area (Å²) in [5.41, 5.74) is 0.518. The largest absolute Gasteiger partial charge is 0.329 e. The highest BCUT2D eigenvalue weighted by atomic mass is 35.5. The number of thioether (sulfide) groups is 1. The molecule has 0 bridgehead atoms. The summed E-state index contributed by atoms with van der Waals surface area (Å²) in [7, 11) is 1.88. The highest BCUT2D eigenvalue weighted by molar-refractivity contribution is 7.99. The molecule has 0 spiro atoms. The number of rotatable bonds is 4. The Labute approximate surface area is 114 Å². The SMILES string of the molecule is Cn1ccnc1SCC(=O)Nc1cccnc1Cl. The van der Waals surface area contributed by atoms with Crippen molar-refractivity contribution in [3.63, 3.8) is 0 Å². The van der Waals surface area contributed by atoms with Crippen molar-refractivity contribution < 1.29 is 4.79 Å². The maximum Gasteiger partial charge on any atom is 0.234 e. The molecule has 0 aliphatic carbocycles. The summed E-state index contributed by atoms with van der Waals surface area (Å²) in [6.45, 7) is 0. The highest BCUT2D eigenvalue weighted by Crippen LogP contribution is 2.19. The van der Waals surface area contributed by atoms with Crippen LogP contribution < -0.4 is 5.32 Å². The number of anilines is 1. The number of carbonyl (C=O) groups excluding carboxylic acids is 1. The number of nitrogens with zero attached hydrogens (tertiary/aromatic N) is 3. The number of nitrogens with one attached hydrogen (secondary N) is 1. The molecule has 0 aliphatic rings. The molecule has 0 atom stereocenters. The van der Waals surface area contributed by atoms with Crippen LogP contribution in [0.3, 0.4) is 0 Å². The summed E-state index contributed by atoms with van der Waals surface area (Å²) in [5, 5.41) is 3.78. The minimum atomic E-state index is -0.141. The maximum absolute atomic E-state index is 11.7. The van der Waals surface area contributed by atoms with Gasteiger partial charge in [0.25, 0.3) is 0 Å². The van der Waals surface area contributed by atoms with Crippen molar-refractivity contribution in [2.45, 2.75) is 5.16 Å². The summed E-state index contributed by atoms with van der Waals surface area (Å²) in [6, 6.07) is 3.42. The van der Waals surface area contributed by atoms with E-state index in [0.29, 0.717) is 5.69 Å². The average Bonchev–Trinajstić information content (AvgIpc) is 2.75. The predicted molar refractivity (Wildman–Crippen MR) is 71.8 cm³/mol. The van der Waals surface area contributed by atoms with Crippen LogP contribution in [0.1, 0.15) is 0 Å². The van der Waals surface area contributed by atoms with Gasteiger partial charge in [-0.25, -0.2) is 9.97 Å². The van der Waals surface area contributed by atoms with Crippen LogP contribution in [0.15, 0.2) is 35.9 Å². The van der Waals surface area contributed by atoms with E-state index >= 15 is 0 Å². The molecule has 7 heteroatoms. The third-order valence-corrected chi connectivity index (χ3v) is 3.50. The van der Waals surface area contributed by atoms with E-state index in [1.165, 1.54) is 11.8 Å². The van der Waals surface area contributed by atoms with Crippen LogP contribution in [-0.2, 0) is 11.8 Å². The number of aromatic nitrogens is 3. The minimum Gasteiger partial charge on any atom is -0.329 e. The Kier molecular flexibility index (Phi) is 4.22. The molecule has 0 fully saturated rings. The fourth-order valence-electron chi connectivity index (χ4n) is 1.29. The van der Waals surface area contributed by atoms with Gasteiger partial charge in [0, 0.05) is 25.6 Å². The molecule has 1 amide bonds. The molecule has 2 heterocycles. The zero-order valence-corrected chi connectivity index (χ0v) is 11.2. The molecule has 1 N–H and O–H groups in total. The molecule has 0 unspecified atom stereocenters. The van der Waals surface area contributed by atoms with Crippen molar-refractivity contribution in [3.8, 4) is 0 Å². The van der Waals surface area contributed by atoms with Gasteiger partial charge in [-0.05, 0) is 12.1 Å². The summed E-state index contributed by atoms with van der Waals surface area (Å²) in [5.74, 6) is 0.133. The van der Waals surface area contributed by atoms with Gasteiger partial charge < -0.3 is 9.88 Å². The quantitative estimate of drug-likeness (QED) is 0.690. The molecular formula is C11H11ClN4OS. The number of imidazole rings is 1. The predicted octanol–water partition coefficient (Wildman–Crippen LogP) is 2.20. The lowest BCUT2D eigenvalue weighted by Crippen LogP contribution is -2.14. The van der Waals surface area contributed by atoms with Crippen LogP contribution in [0.4, 0.5) is 5.69 Å². The van der Waals surface area contributed by atoms with Gasteiger partial charge in [0.05, 0.1) is 11.4 Å². The van der Waals surface area contributed by atoms with Crippen LogP contribution >= 0.6 is 23.4 Å². The molecule has 94 valence electrons. The molecule has 2 aromatic rings. The van der Waals surface area contributed by atoms with E-state index in [0.717, 1.165) is 5.16 Å². The van der Waals surface area contributed by atoms with Crippen molar-refractivity contribution in [2.24, 2.45) is 7.05 Å². The second kappa shape index (κ2) is 5.88. The Morgan fingerprint density at radius 3 is 3.00 bits per heavy atom. The highest BCUT2D eigenvalue weighted by Gasteiger charge is 2.08. The standard InChI is InChI=1S/C11H11ClN4OS/c1-16-6-5-14-11(16)18-7-9(17)15-8-3-2-4-13-10(8)12/h2-6H,7H2,1H3,(H,15,17). The molecular weight excluding hydrogens is 272 g/mol. The fourth-order valence-corrected chi connectivity index (χ4v) is 2.19. The lowest BCUT2D eigenvalue weighted by Gasteiger charge is -2.05. The van der Waals surface area contributed by atoms with Crippen LogP contribution in [-0.4, -0.2) is 26.2 Å². The molecule has 5 nitrogen and oxygen atoms in total. The van der Waals surface area contributed by atoms with E-state index in [2.05, 4.69) is 15.3 Å². The summed E-state index contributed by atoms with van der Waals surface area (Å²) in [4.78, 5) is 19.7. The maximum atomic E-state index is 11.7. The molecule has 0 aliphatic heterocycles. The molecule has 0 aromatic carbocycles. The number of hydrogen-bond donors (Lipinski definition) is 1. The number of carbonyl (C=O) groups is 1. The van der Waals surface area contributed by atoms with Crippen LogP contribution in [0, 0.1) is 0 Å². The van der Waals surface area contributed by atoms with E-state index in [1.54, 1.807) is 24.5 Å². The van der Waals surface area contributed by atoms with Crippen molar-refractivity contribution in [1.82, 2.24) is 14.5 Å². The second-order valence-corrected chi connectivity index (χ2v) is 4.80. The van der Waals surface area contributed by atoms with Gasteiger partial charge in [-0.3, -0.25) is 4.79 Å². The molecule has 2 aromatic heterocycles. The lowest BCUT2D eigenvalue weighted by molar-refractivity contribution is -0.113. The zero-order valence-electron chi connectivity index (χ0n) is 9.63. The Morgan fingerprint density at radius 1 is 1.50 bits per heavy atom. The van der Waals surface area contributed by atoms with Crippen molar-refractivity contribution in [2.75, 3.05) is 11.1 Å². The van der Waals surface area contributed by atoms with Crippen LogP contribution in [0.2, 0.25) is 5.15 Å². The van der Waals surface area contributed by atoms with Crippen LogP contribution in [0.25, 0.3) is 0 Å². The third kappa shape index (κ3) is 3.24. The lowest BCUT2D eigenvalue weighted by atomic mass is 10.4. The number of halogens is 1. The van der Waals surface area contributed by atoms with Gasteiger partial charge in [0.2, 0.25) is 5.91 Å². The van der Waals surface area contributed by atoms with Gasteiger partial charge in [-0.15, -0.1) is 0 Å². The van der Waals surface area contributed by atoms with E-state index < -0.39 is 0 Å². The summed E-state index contributed by atoms with van der Waals surface area (Å²) >= 11 is 7.21. The first-order chi connectivity index (χ1) is 8.66. The Morgan fingerprint density at radius 2 is 2.33 bits per heavy atom. The summed E-state index contributed by atoms with van der Waals surface area (Å²) < 4.78 is 1.86. The van der Waals surface area contributed by atoms with E-state index in [1.807, 2.05) is 17.8 Å².